The molecule has 1 saturated heterocycles. The van der Waals surface area contributed by atoms with E-state index >= 15 is 0 Å². The molecule has 1 aliphatic rings. The molecular weight excluding hydrogens is 264 g/mol. The summed E-state index contributed by atoms with van der Waals surface area (Å²) in [4.78, 5) is 2.30. The number of aromatic hydroxyl groups is 1. The quantitative estimate of drug-likeness (QED) is 0.898. The van der Waals surface area contributed by atoms with Gasteiger partial charge in [0.2, 0.25) is 10.0 Å². The molecule has 2 rings (SSSR count). The van der Waals surface area contributed by atoms with Gasteiger partial charge in [0.15, 0.2) is 0 Å². The van der Waals surface area contributed by atoms with Gasteiger partial charge in [0.05, 0.1) is 4.90 Å². The molecule has 0 spiro atoms. The van der Waals surface area contributed by atoms with Crippen LogP contribution >= 0.6 is 0 Å². The van der Waals surface area contributed by atoms with Gasteiger partial charge in [0.25, 0.3) is 0 Å². The second-order valence-corrected chi connectivity index (χ2v) is 7.26. The van der Waals surface area contributed by atoms with Crippen molar-refractivity contribution in [3.63, 3.8) is 0 Å². The summed E-state index contributed by atoms with van der Waals surface area (Å²) in [5, 5.41) is 9.23. The molecule has 1 aromatic carbocycles. The Bertz CT molecular complexity index is 540. The molecule has 6 heteroatoms. The first-order valence-corrected chi connectivity index (χ1v) is 7.72. The molecule has 0 amide bonds. The lowest BCUT2D eigenvalue weighted by Crippen LogP contribution is -2.35. The van der Waals surface area contributed by atoms with Crippen LogP contribution in [0, 0.1) is 5.92 Å². The lowest BCUT2D eigenvalue weighted by atomic mass is 10.1. The molecule has 19 heavy (non-hydrogen) atoms. The van der Waals surface area contributed by atoms with Gasteiger partial charge in [-0.05, 0) is 44.3 Å². The average molecular weight is 284 g/mol. The van der Waals surface area contributed by atoms with Gasteiger partial charge in [-0.1, -0.05) is 6.92 Å². The highest BCUT2D eigenvalue weighted by Gasteiger charge is 2.37. The molecule has 1 heterocycles. The van der Waals surface area contributed by atoms with Crippen molar-refractivity contribution in [3.05, 3.63) is 24.3 Å². The Hall–Kier alpha value is -1.11. The normalized spacial score (nSPS) is 25.1. The van der Waals surface area contributed by atoms with Crippen LogP contribution in [0.3, 0.4) is 0 Å². The molecule has 5 nitrogen and oxygen atoms in total. The minimum absolute atomic E-state index is 0.0694. The van der Waals surface area contributed by atoms with Crippen LogP contribution in [0.4, 0.5) is 0 Å². The minimum atomic E-state index is -3.46. The van der Waals surface area contributed by atoms with E-state index in [-0.39, 0.29) is 16.7 Å². The number of phenolic OH excluding ortho intramolecular Hbond substituents is 1. The summed E-state index contributed by atoms with van der Waals surface area (Å²) in [7, 11) is 0.481. The monoisotopic (exact) mass is 284 g/mol. The second-order valence-electron chi connectivity index (χ2n) is 5.32. The fraction of sp³-hybridized carbons (Fsp3) is 0.538. The van der Waals surface area contributed by atoms with Crippen molar-refractivity contribution in [2.45, 2.75) is 17.9 Å². The van der Waals surface area contributed by atoms with E-state index < -0.39 is 10.0 Å². The van der Waals surface area contributed by atoms with Gasteiger partial charge in [0, 0.05) is 19.1 Å². The van der Waals surface area contributed by atoms with E-state index in [0.29, 0.717) is 19.0 Å². The van der Waals surface area contributed by atoms with Crippen molar-refractivity contribution in [2.75, 3.05) is 27.2 Å². The fourth-order valence-corrected chi connectivity index (χ4v) is 4.10. The summed E-state index contributed by atoms with van der Waals surface area (Å²) in [6.45, 7) is 3.11. The highest BCUT2D eigenvalue weighted by molar-refractivity contribution is 7.89. The number of nitrogens with zero attached hydrogens (tertiary/aromatic N) is 2. The summed E-state index contributed by atoms with van der Waals surface area (Å²) < 4.78 is 26.5. The Kier molecular flexibility index (Phi) is 3.85. The Morgan fingerprint density at radius 3 is 2.26 bits per heavy atom. The van der Waals surface area contributed by atoms with Gasteiger partial charge in [-0.3, -0.25) is 0 Å². The Morgan fingerprint density at radius 2 is 1.79 bits per heavy atom. The molecular formula is C13H20N2O3S. The van der Waals surface area contributed by atoms with E-state index in [0.717, 1.165) is 0 Å². The Labute approximate surface area is 114 Å². The van der Waals surface area contributed by atoms with Gasteiger partial charge in [-0.2, -0.15) is 4.31 Å². The number of hydrogen-bond donors (Lipinski definition) is 1. The predicted octanol–water partition coefficient (Wildman–Crippen LogP) is 0.963. The minimum Gasteiger partial charge on any atom is -0.508 e. The van der Waals surface area contributed by atoms with Crippen LogP contribution in [0.1, 0.15) is 6.92 Å². The zero-order chi connectivity index (χ0) is 14.2. The molecule has 0 aliphatic carbocycles. The maximum atomic E-state index is 12.5. The van der Waals surface area contributed by atoms with Crippen LogP contribution in [0.25, 0.3) is 0 Å². The molecule has 0 aromatic heterocycles. The largest absolute Gasteiger partial charge is 0.508 e. The van der Waals surface area contributed by atoms with E-state index in [4.69, 9.17) is 0 Å². The molecule has 2 atom stereocenters. The zero-order valence-corrected chi connectivity index (χ0v) is 12.3. The van der Waals surface area contributed by atoms with E-state index in [1.807, 2.05) is 14.1 Å². The number of phenols is 1. The molecule has 0 bridgehead atoms. The van der Waals surface area contributed by atoms with E-state index in [1.54, 1.807) is 0 Å². The van der Waals surface area contributed by atoms with Crippen molar-refractivity contribution < 1.29 is 13.5 Å². The highest BCUT2D eigenvalue weighted by Crippen LogP contribution is 2.27. The molecule has 1 fully saturated rings. The topological polar surface area (TPSA) is 60.9 Å². The SMILES string of the molecule is CC1CN(S(=O)(=O)c2ccc(O)cc2)CC1N(C)C. The molecule has 1 aromatic rings. The van der Waals surface area contributed by atoms with E-state index in [2.05, 4.69) is 11.8 Å². The molecule has 1 N–H and O–H groups in total. The van der Waals surface area contributed by atoms with Crippen LogP contribution in [-0.4, -0.2) is 56.0 Å². The van der Waals surface area contributed by atoms with Crippen LogP contribution in [0.2, 0.25) is 0 Å². The second kappa shape index (κ2) is 5.11. The van der Waals surface area contributed by atoms with Crippen molar-refractivity contribution in [2.24, 2.45) is 5.92 Å². The number of rotatable bonds is 3. The molecule has 0 saturated carbocycles. The first-order valence-electron chi connectivity index (χ1n) is 6.28. The van der Waals surface area contributed by atoms with Crippen molar-refractivity contribution in [1.29, 1.82) is 0 Å². The maximum absolute atomic E-state index is 12.5. The third-order valence-corrected chi connectivity index (χ3v) is 5.52. The van der Waals surface area contributed by atoms with Crippen LogP contribution in [-0.2, 0) is 10.0 Å². The number of hydrogen-bond acceptors (Lipinski definition) is 4. The fourth-order valence-electron chi connectivity index (χ4n) is 2.54. The van der Waals surface area contributed by atoms with Crippen molar-refractivity contribution >= 4 is 10.0 Å². The average Bonchev–Trinajstić information content (AvgIpc) is 2.72. The molecule has 0 radical (unpaired) electrons. The van der Waals surface area contributed by atoms with Gasteiger partial charge < -0.3 is 10.0 Å². The van der Waals surface area contributed by atoms with Crippen molar-refractivity contribution in [3.8, 4) is 5.75 Å². The van der Waals surface area contributed by atoms with Crippen LogP contribution in [0.5, 0.6) is 5.75 Å². The van der Waals surface area contributed by atoms with Crippen LogP contribution < -0.4 is 0 Å². The predicted molar refractivity (Wildman–Crippen MR) is 73.5 cm³/mol. The summed E-state index contributed by atoms with van der Waals surface area (Å²) >= 11 is 0. The molecule has 2 unspecified atom stereocenters. The standard InChI is InChI=1S/C13H20N2O3S/c1-10-8-15(9-13(10)14(2)3)19(17,18)12-6-4-11(16)5-7-12/h4-7,10,13,16H,8-9H2,1-3H3. The van der Waals surface area contributed by atoms with Gasteiger partial charge >= 0.3 is 0 Å². The number of benzene rings is 1. The summed E-state index contributed by atoms with van der Waals surface area (Å²) in [6.07, 6.45) is 0. The first kappa shape index (κ1) is 14.3. The van der Waals surface area contributed by atoms with Gasteiger partial charge in [0.1, 0.15) is 5.75 Å². The van der Waals surface area contributed by atoms with Crippen LogP contribution in [0.15, 0.2) is 29.2 Å². The summed E-state index contributed by atoms with van der Waals surface area (Å²) in [5.41, 5.74) is 0. The Morgan fingerprint density at radius 1 is 1.21 bits per heavy atom. The third-order valence-electron chi connectivity index (χ3n) is 3.68. The van der Waals surface area contributed by atoms with Gasteiger partial charge in [-0.15, -0.1) is 0 Å². The lowest BCUT2D eigenvalue weighted by Gasteiger charge is -2.22. The van der Waals surface area contributed by atoms with Gasteiger partial charge in [-0.25, -0.2) is 8.42 Å². The molecule has 1 aliphatic heterocycles. The van der Waals surface area contributed by atoms with Crippen molar-refractivity contribution in [1.82, 2.24) is 9.21 Å². The maximum Gasteiger partial charge on any atom is 0.243 e. The molecule has 106 valence electrons. The zero-order valence-electron chi connectivity index (χ0n) is 11.4. The first-order chi connectivity index (χ1) is 8.82. The van der Waals surface area contributed by atoms with E-state index in [9.17, 15) is 13.5 Å². The lowest BCUT2D eigenvalue weighted by molar-refractivity contribution is 0.263. The van der Waals surface area contributed by atoms with E-state index in [1.165, 1.54) is 28.6 Å². The summed E-state index contributed by atoms with van der Waals surface area (Å²) in [6, 6.07) is 5.93. The number of likely N-dealkylation sites (N-methyl/N-ethyl adjacent to an activating group) is 1. The summed E-state index contributed by atoms with van der Waals surface area (Å²) in [5.74, 6) is 0.377. The highest BCUT2D eigenvalue weighted by atomic mass is 32.2. The Balaban J connectivity index is 2.24. The smallest absolute Gasteiger partial charge is 0.243 e. The third kappa shape index (κ3) is 2.75. The number of sulfonamides is 1.